The van der Waals surface area contributed by atoms with Gasteiger partial charge in [-0.3, -0.25) is 14.2 Å². The largest absolute Gasteiger partial charge is 0.382 e. The van der Waals surface area contributed by atoms with E-state index in [0.29, 0.717) is 10.0 Å². The van der Waals surface area contributed by atoms with E-state index in [0.717, 1.165) is 0 Å². The van der Waals surface area contributed by atoms with Gasteiger partial charge in [-0.25, -0.2) is 0 Å². The molecular formula is C16H13Cl3N2O2. The number of aromatic nitrogens is 1. The van der Waals surface area contributed by atoms with Crippen molar-refractivity contribution in [3.63, 3.8) is 0 Å². The molecule has 0 spiro atoms. The van der Waals surface area contributed by atoms with Crippen LogP contribution < -0.4 is 5.56 Å². The van der Waals surface area contributed by atoms with Gasteiger partial charge < -0.3 is 4.90 Å². The average molecular weight is 372 g/mol. The second-order valence-electron chi connectivity index (χ2n) is 4.99. The van der Waals surface area contributed by atoms with Crippen molar-refractivity contribution in [3.8, 4) is 0 Å². The van der Waals surface area contributed by atoms with E-state index >= 15 is 0 Å². The van der Waals surface area contributed by atoms with Gasteiger partial charge in [0.25, 0.3) is 5.56 Å². The van der Waals surface area contributed by atoms with Gasteiger partial charge in [0.1, 0.15) is 5.70 Å². The number of hydrogen-bond acceptors (Lipinski definition) is 3. The Balaban J connectivity index is 2.62. The second-order valence-corrected chi connectivity index (χ2v) is 6.27. The third-order valence-corrected chi connectivity index (χ3v) is 3.69. The molecule has 0 fully saturated rings. The van der Waals surface area contributed by atoms with Crippen LogP contribution >= 0.6 is 34.8 Å². The van der Waals surface area contributed by atoms with Crippen molar-refractivity contribution in [3.05, 3.63) is 73.7 Å². The molecule has 0 aliphatic rings. The zero-order chi connectivity index (χ0) is 17.1. The van der Waals surface area contributed by atoms with Crippen LogP contribution in [-0.2, 0) is 0 Å². The normalized spacial score (nSPS) is 11.4. The fraction of sp³-hybridized carbons (Fsp3) is 0.125. The zero-order valence-corrected chi connectivity index (χ0v) is 14.7. The fourth-order valence-corrected chi connectivity index (χ4v) is 2.59. The topological polar surface area (TPSA) is 42.3 Å². The number of carbonyl (C=O) groups is 1. The summed E-state index contributed by atoms with van der Waals surface area (Å²) in [6.45, 7) is 0. The molecule has 23 heavy (non-hydrogen) atoms. The lowest BCUT2D eigenvalue weighted by Crippen LogP contribution is -2.24. The number of pyridine rings is 1. The number of ketones is 1. The Kier molecular flexibility index (Phi) is 5.52. The van der Waals surface area contributed by atoms with Crippen LogP contribution in [0.3, 0.4) is 0 Å². The highest BCUT2D eigenvalue weighted by molar-refractivity contribution is 6.39. The summed E-state index contributed by atoms with van der Waals surface area (Å²) < 4.78 is 1.19. The van der Waals surface area contributed by atoms with E-state index in [1.165, 1.54) is 41.2 Å². The van der Waals surface area contributed by atoms with Crippen molar-refractivity contribution in [2.45, 2.75) is 0 Å². The van der Waals surface area contributed by atoms with Crippen molar-refractivity contribution in [2.75, 3.05) is 14.1 Å². The second kappa shape index (κ2) is 7.21. The third-order valence-electron chi connectivity index (χ3n) is 2.92. The van der Waals surface area contributed by atoms with Gasteiger partial charge in [0, 0.05) is 43.1 Å². The van der Waals surface area contributed by atoms with Gasteiger partial charge in [-0.2, -0.15) is 0 Å². The lowest BCUT2D eigenvalue weighted by molar-refractivity contribution is 0.105. The molecule has 1 aromatic carbocycles. The van der Waals surface area contributed by atoms with Crippen molar-refractivity contribution >= 4 is 46.3 Å². The van der Waals surface area contributed by atoms with Gasteiger partial charge in [-0.05, 0) is 24.3 Å². The minimum absolute atomic E-state index is 0.131. The minimum Gasteiger partial charge on any atom is -0.382 e. The molecule has 0 aliphatic carbocycles. The lowest BCUT2D eigenvalue weighted by atomic mass is 10.1. The van der Waals surface area contributed by atoms with E-state index in [9.17, 15) is 9.59 Å². The highest BCUT2D eigenvalue weighted by Gasteiger charge is 2.19. The van der Waals surface area contributed by atoms with E-state index in [1.54, 1.807) is 25.1 Å². The fourth-order valence-electron chi connectivity index (χ4n) is 1.94. The number of nitrogens with zero attached hydrogens (tertiary/aromatic N) is 2. The molecule has 0 bridgehead atoms. The molecule has 0 saturated heterocycles. The van der Waals surface area contributed by atoms with Crippen LogP contribution in [0.4, 0.5) is 0 Å². The van der Waals surface area contributed by atoms with Gasteiger partial charge >= 0.3 is 0 Å². The third kappa shape index (κ3) is 4.16. The van der Waals surface area contributed by atoms with E-state index in [1.807, 2.05) is 0 Å². The monoisotopic (exact) mass is 370 g/mol. The first kappa shape index (κ1) is 17.6. The maximum Gasteiger partial charge on any atom is 0.255 e. The summed E-state index contributed by atoms with van der Waals surface area (Å²) in [7, 11) is 3.48. The summed E-state index contributed by atoms with van der Waals surface area (Å²) in [5.74, 6) is -0.412. The SMILES string of the molecule is CN(C)C=C(C(=O)c1ccc(Cl)cc1Cl)n1cc(Cl)ccc1=O. The summed E-state index contributed by atoms with van der Waals surface area (Å²) in [5, 5.41) is 0.969. The molecule has 0 unspecified atom stereocenters. The summed E-state index contributed by atoms with van der Waals surface area (Å²) in [6, 6.07) is 7.32. The summed E-state index contributed by atoms with van der Waals surface area (Å²) in [4.78, 5) is 26.6. The van der Waals surface area contributed by atoms with Crippen LogP contribution in [0.5, 0.6) is 0 Å². The lowest BCUT2D eigenvalue weighted by Gasteiger charge is -2.14. The molecule has 0 N–H and O–H groups in total. The average Bonchev–Trinajstić information content (AvgIpc) is 2.46. The quantitative estimate of drug-likeness (QED) is 0.601. The van der Waals surface area contributed by atoms with Gasteiger partial charge in [0.2, 0.25) is 5.78 Å². The first-order valence-corrected chi connectivity index (χ1v) is 7.69. The van der Waals surface area contributed by atoms with Crippen LogP contribution in [-0.4, -0.2) is 29.3 Å². The smallest absolute Gasteiger partial charge is 0.255 e. The number of allylic oxidation sites excluding steroid dienone is 1. The van der Waals surface area contributed by atoms with Gasteiger partial charge in [-0.15, -0.1) is 0 Å². The van der Waals surface area contributed by atoms with Gasteiger partial charge in [0.05, 0.1) is 10.0 Å². The van der Waals surface area contributed by atoms with E-state index < -0.39 is 5.78 Å². The van der Waals surface area contributed by atoms with Crippen molar-refractivity contribution in [1.82, 2.24) is 9.47 Å². The van der Waals surface area contributed by atoms with E-state index in [2.05, 4.69) is 0 Å². The van der Waals surface area contributed by atoms with E-state index in [4.69, 9.17) is 34.8 Å². The van der Waals surface area contributed by atoms with Crippen molar-refractivity contribution < 1.29 is 4.79 Å². The van der Waals surface area contributed by atoms with Crippen LogP contribution in [0, 0.1) is 0 Å². The van der Waals surface area contributed by atoms with Crippen LogP contribution in [0.15, 0.2) is 47.5 Å². The van der Waals surface area contributed by atoms with E-state index in [-0.39, 0.29) is 21.8 Å². The predicted octanol–water partition coefficient (Wildman–Crippen LogP) is 4.05. The summed E-state index contributed by atoms with van der Waals surface area (Å²) in [5.41, 5.74) is 0.00343. The Bertz CT molecular complexity index is 841. The van der Waals surface area contributed by atoms with Crippen molar-refractivity contribution in [1.29, 1.82) is 0 Å². The Morgan fingerprint density at radius 1 is 1.09 bits per heavy atom. The molecule has 0 aliphatic heterocycles. The number of halogens is 3. The molecule has 1 heterocycles. The minimum atomic E-state index is -0.412. The maximum atomic E-state index is 12.9. The summed E-state index contributed by atoms with van der Waals surface area (Å²) >= 11 is 17.9. The van der Waals surface area contributed by atoms with Crippen LogP contribution in [0.2, 0.25) is 15.1 Å². The molecule has 0 radical (unpaired) electrons. The Labute approximate surface area is 148 Å². The number of rotatable bonds is 4. The molecule has 7 heteroatoms. The zero-order valence-electron chi connectivity index (χ0n) is 12.4. The van der Waals surface area contributed by atoms with Gasteiger partial charge in [-0.1, -0.05) is 34.8 Å². The highest BCUT2D eigenvalue weighted by Crippen LogP contribution is 2.24. The van der Waals surface area contributed by atoms with Crippen LogP contribution in [0.1, 0.15) is 10.4 Å². The predicted molar refractivity (Wildman–Crippen MR) is 94.5 cm³/mol. The Morgan fingerprint density at radius 3 is 2.35 bits per heavy atom. The maximum absolute atomic E-state index is 12.9. The molecule has 2 aromatic rings. The molecule has 0 atom stereocenters. The number of Topliss-reactive ketones (excluding diaryl/α,β-unsaturated/α-hetero) is 1. The molecular weight excluding hydrogens is 359 g/mol. The number of benzene rings is 1. The number of carbonyl (C=O) groups excluding carboxylic acids is 1. The van der Waals surface area contributed by atoms with Crippen LogP contribution in [0.25, 0.3) is 5.70 Å². The summed E-state index contributed by atoms with van der Waals surface area (Å²) in [6.07, 6.45) is 2.92. The standard InChI is InChI=1S/C16H13Cl3N2O2/c1-20(2)9-14(21-8-11(18)4-6-15(21)22)16(23)12-5-3-10(17)7-13(12)19/h3-9H,1-2H3. The molecule has 0 amide bonds. The molecule has 4 nitrogen and oxygen atoms in total. The number of hydrogen-bond donors (Lipinski definition) is 0. The highest BCUT2D eigenvalue weighted by atomic mass is 35.5. The molecule has 2 rings (SSSR count). The first-order valence-electron chi connectivity index (χ1n) is 6.56. The van der Waals surface area contributed by atoms with Crippen molar-refractivity contribution in [2.24, 2.45) is 0 Å². The molecule has 120 valence electrons. The Morgan fingerprint density at radius 2 is 1.74 bits per heavy atom. The Hall–Kier alpha value is -1.75. The molecule has 0 saturated carbocycles. The molecule has 1 aromatic heterocycles. The van der Waals surface area contributed by atoms with Gasteiger partial charge in [0.15, 0.2) is 0 Å². The first-order chi connectivity index (χ1) is 10.8.